The topological polar surface area (TPSA) is 70.6 Å². The highest BCUT2D eigenvalue weighted by Gasteiger charge is 2.03. The molecule has 1 rings (SSSR count). The van der Waals surface area contributed by atoms with Gasteiger partial charge in [-0.15, -0.1) is 0 Å². The number of methoxy groups -OCH3 is 1. The largest absolute Gasteiger partial charge is 0.496 e. The first-order valence-electron chi connectivity index (χ1n) is 5.62. The minimum Gasteiger partial charge on any atom is -0.496 e. The number of carbonyl (C=O) groups excluding carboxylic acids is 1. The number of carbonyl (C=O) groups is 1. The second-order valence-electron chi connectivity index (χ2n) is 3.66. The molecule has 1 aromatic rings. The fourth-order valence-corrected chi connectivity index (χ4v) is 1.93. The van der Waals surface area contributed by atoms with Gasteiger partial charge in [0.15, 0.2) is 0 Å². The number of hydrogen-bond donors (Lipinski definition) is 3. The van der Waals surface area contributed by atoms with E-state index in [-0.39, 0.29) is 12.6 Å². The fraction of sp³-hybridized carbons (Fsp3) is 0.417. The van der Waals surface area contributed by atoms with Crippen LogP contribution < -0.4 is 15.4 Å². The lowest BCUT2D eigenvalue weighted by molar-refractivity contribution is 0.237. The number of aliphatic hydroxyl groups excluding tert-OH is 1. The zero-order valence-electron chi connectivity index (χ0n) is 10.2. The van der Waals surface area contributed by atoms with Crippen LogP contribution in [0.4, 0.5) is 4.79 Å². The molecule has 0 aromatic heterocycles. The molecule has 3 N–H and O–H groups in total. The maximum absolute atomic E-state index is 11.4. The van der Waals surface area contributed by atoms with Crippen molar-refractivity contribution in [3.8, 4) is 5.75 Å². The maximum atomic E-state index is 11.4. The van der Waals surface area contributed by atoms with Gasteiger partial charge in [0, 0.05) is 19.7 Å². The van der Waals surface area contributed by atoms with E-state index in [9.17, 15) is 4.79 Å². The third kappa shape index (κ3) is 4.93. The number of hydrogen-bond acceptors (Lipinski definition) is 3. The average Bonchev–Trinajstić information content (AvgIpc) is 2.37. The van der Waals surface area contributed by atoms with Crippen LogP contribution >= 0.6 is 15.9 Å². The summed E-state index contributed by atoms with van der Waals surface area (Å²) in [5, 5.41) is 14.0. The summed E-state index contributed by atoms with van der Waals surface area (Å²) in [5.74, 6) is 0.756. The van der Waals surface area contributed by atoms with Gasteiger partial charge in [-0.1, -0.05) is 6.07 Å². The van der Waals surface area contributed by atoms with Crippen molar-refractivity contribution in [2.24, 2.45) is 0 Å². The average molecular weight is 317 g/mol. The molecule has 0 heterocycles. The summed E-state index contributed by atoms with van der Waals surface area (Å²) in [4.78, 5) is 11.4. The summed E-state index contributed by atoms with van der Waals surface area (Å²) in [6.07, 6.45) is 0.557. The quantitative estimate of drug-likeness (QED) is 0.699. The van der Waals surface area contributed by atoms with Crippen molar-refractivity contribution in [1.82, 2.24) is 10.6 Å². The normalized spacial score (nSPS) is 9.94. The first kappa shape index (κ1) is 14.8. The van der Waals surface area contributed by atoms with Gasteiger partial charge in [0.1, 0.15) is 5.75 Å². The highest BCUT2D eigenvalue weighted by molar-refractivity contribution is 9.10. The molecule has 0 radical (unpaired) electrons. The first-order chi connectivity index (χ1) is 8.67. The number of amides is 2. The molecule has 0 atom stereocenters. The molecule has 0 aliphatic carbocycles. The van der Waals surface area contributed by atoms with Crippen LogP contribution in [0.5, 0.6) is 5.75 Å². The Kier molecular flexibility index (Phi) is 6.53. The van der Waals surface area contributed by atoms with Crippen molar-refractivity contribution in [2.45, 2.75) is 13.0 Å². The van der Waals surface area contributed by atoms with Gasteiger partial charge in [-0.05, 0) is 40.0 Å². The molecule has 0 spiro atoms. The van der Waals surface area contributed by atoms with Gasteiger partial charge in [-0.25, -0.2) is 4.79 Å². The summed E-state index contributed by atoms with van der Waals surface area (Å²) in [5.41, 5.74) is 0.972. The van der Waals surface area contributed by atoms with E-state index in [1.54, 1.807) is 7.11 Å². The van der Waals surface area contributed by atoms with E-state index >= 15 is 0 Å². The highest BCUT2D eigenvalue weighted by Crippen LogP contribution is 2.25. The number of rotatable bonds is 6. The van der Waals surface area contributed by atoms with Crippen molar-refractivity contribution in [1.29, 1.82) is 0 Å². The van der Waals surface area contributed by atoms with Crippen LogP contribution in [-0.4, -0.2) is 31.4 Å². The smallest absolute Gasteiger partial charge is 0.315 e. The van der Waals surface area contributed by atoms with Crippen LogP contribution in [0.3, 0.4) is 0 Å². The molecular weight excluding hydrogens is 300 g/mol. The Morgan fingerprint density at radius 3 is 2.83 bits per heavy atom. The number of benzene rings is 1. The van der Waals surface area contributed by atoms with Gasteiger partial charge in [0.25, 0.3) is 0 Å². The van der Waals surface area contributed by atoms with E-state index in [1.807, 2.05) is 18.2 Å². The Balaban J connectivity index is 2.39. The SMILES string of the molecule is COc1ccc(CNC(=O)NCCCO)cc1Br. The standard InChI is InChI=1S/C12H17BrN2O3/c1-18-11-4-3-9(7-10(11)13)8-15-12(17)14-5-2-6-16/h3-4,7,16H,2,5-6,8H2,1H3,(H2,14,15,17). The Bertz CT molecular complexity index is 399. The lowest BCUT2D eigenvalue weighted by atomic mass is 10.2. The molecule has 0 unspecified atom stereocenters. The van der Waals surface area contributed by atoms with E-state index in [0.29, 0.717) is 19.5 Å². The van der Waals surface area contributed by atoms with Gasteiger partial charge >= 0.3 is 6.03 Å². The number of urea groups is 1. The van der Waals surface area contributed by atoms with Gasteiger partial charge in [-0.2, -0.15) is 0 Å². The Morgan fingerprint density at radius 2 is 2.22 bits per heavy atom. The lowest BCUT2D eigenvalue weighted by Gasteiger charge is -2.09. The predicted molar refractivity (Wildman–Crippen MR) is 72.6 cm³/mol. The minimum absolute atomic E-state index is 0.0751. The third-order valence-electron chi connectivity index (χ3n) is 2.29. The van der Waals surface area contributed by atoms with Gasteiger partial charge in [0.05, 0.1) is 11.6 Å². The van der Waals surface area contributed by atoms with E-state index in [0.717, 1.165) is 15.8 Å². The summed E-state index contributed by atoms with van der Waals surface area (Å²) < 4.78 is 5.97. The first-order valence-corrected chi connectivity index (χ1v) is 6.41. The van der Waals surface area contributed by atoms with Crippen molar-refractivity contribution in [2.75, 3.05) is 20.3 Å². The zero-order chi connectivity index (χ0) is 13.4. The van der Waals surface area contributed by atoms with Gasteiger partial charge < -0.3 is 20.5 Å². The molecule has 1 aromatic carbocycles. The Labute approximate surface area is 115 Å². The molecule has 5 nitrogen and oxygen atoms in total. The summed E-state index contributed by atoms with van der Waals surface area (Å²) in [7, 11) is 1.60. The van der Waals surface area contributed by atoms with Crippen LogP contribution in [0, 0.1) is 0 Å². The van der Waals surface area contributed by atoms with Crippen LogP contribution in [-0.2, 0) is 6.54 Å². The molecule has 2 amide bonds. The summed E-state index contributed by atoms with van der Waals surface area (Å²) in [6.45, 7) is 0.980. The van der Waals surface area contributed by atoms with Crippen LogP contribution in [0.15, 0.2) is 22.7 Å². The van der Waals surface area contributed by atoms with Crippen LogP contribution in [0.2, 0.25) is 0 Å². The zero-order valence-corrected chi connectivity index (χ0v) is 11.8. The second kappa shape index (κ2) is 7.94. The van der Waals surface area contributed by atoms with Crippen molar-refractivity contribution in [3.05, 3.63) is 28.2 Å². The molecule has 0 bridgehead atoms. The lowest BCUT2D eigenvalue weighted by Crippen LogP contribution is -2.35. The van der Waals surface area contributed by atoms with Crippen molar-refractivity contribution >= 4 is 22.0 Å². The third-order valence-corrected chi connectivity index (χ3v) is 2.91. The van der Waals surface area contributed by atoms with E-state index in [2.05, 4.69) is 26.6 Å². The second-order valence-corrected chi connectivity index (χ2v) is 4.51. The molecule has 6 heteroatoms. The minimum atomic E-state index is -0.240. The molecule has 0 aliphatic heterocycles. The molecule has 0 saturated heterocycles. The number of ether oxygens (including phenoxy) is 1. The summed E-state index contributed by atoms with van der Waals surface area (Å²) >= 11 is 3.38. The van der Waals surface area contributed by atoms with Gasteiger partial charge in [-0.3, -0.25) is 0 Å². The Hall–Kier alpha value is -1.27. The monoisotopic (exact) mass is 316 g/mol. The van der Waals surface area contributed by atoms with Crippen LogP contribution in [0.1, 0.15) is 12.0 Å². The fourth-order valence-electron chi connectivity index (χ4n) is 1.35. The number of nitrogens with one attached hydrogen (secondary N) is 2. The molecule has 0 aliphatic rings. The Morgan fingerprint density at radius 1 is 1.44 bits per heavy atom. The van der Waals surface area contributed by atoms with E-state index in [1.165, 1.54) is 0 Å². The molecule has 0 saturated carbocycles. The summed E-state index contributed by atoms with van der Waals surface area (Å²) in [6, 6.07) is 5.38. The van der Waals surface area contributed by atoms with E-state index < -0.39 is 0 Å². The molecular formula is C12H17BrN2O3. The predicted octanol–water partition coefficient (Wildman–Crippen LogP) is 1.64. The number of halogens is 1. The van der Waals surface area contributed by atoms with Crippen molar-refractivity contribution in [3.63, 3.8) is 0 Å². The van der Waals surface area contributed by atoms with Crippen molar-refractivity contribution < 1.29 is 14.6 Å². The van der Waals surface area contributed by atoms with E-state index in [4.69, 9.17) is 9.84 Å². The maximum Gasteiger partial charge on any atom is 0.315 e. The molecule has 18 heavy (non-hydrogen) atoms. The van der Waals surface area contributed by atoms with Gasteiger partial charge in [0.2, 0.25) is 0 Å². The molecule has 100 valence electrons. The number of aliphatic hydroxyl groups is 1. The molecule has 0 fully saturated rings. The highest BCUT2D eigenvalue weighted by atomic mass is 79.9. The van der Waals surface area contributed by atoms with Crippen LogP contribution in [0.25, 0.3) is 0 Å².